The molecule has 14 nitrogen and oxygen atoms in total. The number of thiazole rings is 1. The number of fused-ring (bicyclic) bond motifs is 2. The molecule has 0 saturated carbocycles. The summed E-state index contributed by atoms with van der Waals surface area (Å²) < 4.78 is 7.39. The Bertz CT molecular complexity index is 2030. The molecule has 1 unspecified atom stereocenters. The maximum atomic E-state index is 14.1. The average Bonchev–Trinajstić information content (AvgIpc) is 3.57. The number of carbonyl (C=O) groups is 6. The molecule has 0 bridgehead atoms. The predicted octanol–water partition coefficient (Wildman–Crippen LogP) is 5.62. The highest BCUT2D eigenvalue weighted by molar-refractivity contribution is 8.01. The third-order valence-corrected chi connectivity index (χ3v) is 11.4. The van der Waals surface area contributed by atoms with Crippen molar-refractivity contribution in [3.05, 3.63) is 91.5 Å². The van der Waals surface area contributed by atoms with E-state index in [0.29, 0.717) is 27.9 Å². The van der Waals surface area contributed by atoms with E-state index < -0.39 is 53.6 Å². The van der Waals surface area contributed by atoms with Gasteiger partial charge in [0.15, 0.2) is 10.1 Å². The molecule has 0 spiro atoms. The molecule has 0 radical (unpaired) electrons. The number of benzene rings is 3. The lowest BCUT2D eigenvalue weighted by Crippen LogP contribution is -2.64. The molecule has 16 heteroatoms. The molecule has 4 N–H and O–H groups in total. The predicted molar refractivity (Wildman–Crippen MR) is 208 cm³/mol. The van der Waals surface area contributed by atoms with E-state index in [9.17, 15) is 33.9 Å². The number of carboxylic acid groups (broad SMARTS) is 1. The molecule has 3 aromatic carbocycles. The van der Waals surface area contributed by atoms with Gasteiger partial charge in [-0.25, -0.2) is 14.8 Å². The van der Waals surface area contributed by atoms with Gasteiger partial charge in [-0.3, -0.25) is 29.0 Å². The Morgan fingerprint density at radius 2 is 1.73 bits per heavy atom. The first-order valence-corrected chi connectivity index (χ1v) is 19.6. The van der Waals surface area contributed by atoms with Gasteiger partial charge in [0.1, 0.15) is 23.6 Å². The highest BCUT2D eigenvalue weighted by atomic mass is 32.2. The molecular formula is C39H40N6O8S2. The SMILES string of the molecule is C=CCC(C[C@H](NC(=O)[C@@H]1CCCN2C(=O)CC[C@H](NC(=O)Nc3ccc(Oc4ccccc4)cc3)C(=O)N12)C(=O)CSc1nc2ccccc2s1)C(=O)O. The summed E-state index contributed by atoms with van der Waals surface area (Å²) in [6, 6.07) is 19.2. The highest BCUT2D eigenvalue weighted by Gasteiger charge is 2.45. The number of thioether (sulfide) groups is 1. The van der Waals surface area contributed by atoms with Crippen LogP contribution in [0, 0.1) is 5.92 Å². The van der Waals surface area contributed by atoms with Crippen LogP contribution in [0.1, 0.15) is 38.5 Å². The topological polar surface area (TPSA) is 187 Å². The molecule has 2 fully saturated rings. The Balaban J connectivity index is 1.14. The van der Waals surface area contributed by atoms with E-state index in [-0.39, 0.29) is 50.3 Å². The number of hydrazine groups is 1. The summed E-state index contributed by atoms with van der Waals surface area (Å²) in [5.41, 5.74) is 1.22. The maximum absolute atomic E-state index is 14.1. The van der Waals surface area contributed by atoms with Gasteiger partial charge in [0.2, 0.25) is 11.8 Å². The van der Waals surface area contributed by atoms with Gasteiger partial charge in [0, 0.05) is 18.7 Å². The number of amides is 5. The molecule has 2 aliphatic rings. The smallest absolute Gasteiger partial charge is 0.319 e. The second kappa shape index (κ2) is 18.1. The molecule has 3 heterocycles. The van der Waals surface area contributed by atoms with Crippen molar-refractivity contribution < 1.29 is 38.6 Å². The van der Waals surface area contributed by atoms with Crippen molar-refractivity contribution in [1.29, 1.82) is 0 Å². The Labute approximate surface area is 325 Å². The summed E-state index contributed by atoms with van der Waals surface area (Å²) >= 11 is 2.61. The lowest BCUT2D eigenvalue weighted by molar-refractivity contribution is -0.176. The van der Waals surface area contributed by atoms with E-state index in [1.54, 1.807) is 24.3 Å². The minimum Gasteiger partial charge on any atom is -0.481 e. The second-order valence-electron chi connectivity index (χ2n) is 13.0. The zero-order chi connectivity index (χ0) is 38.9. The van der Waals surface area contributed by atoms with Gasteiger partial charge in [-0.15, -0.1) is 17.9 Å². The lowest BCUT2D eigenvalue weighted by atomic mass is 9.94. The number of rotatable bonds is 15. The van der Waals surface area contributed by atoms with Crippen LogP contribution >= 0.6 is 23.1 Å². The van der Waals surface area contributed by atoms with Crippen LogP contribution in [0.5, 0.6) is 11.5 Å². The Hall–Kier alpha value is -5.74. The number of anilines is 1. The van der Waals surface area contributed by atoms with Crippen LogP contribution in [0.4, 0.5) is 10.5 Å². The summed E-state index contributed by atoms with van der Waals surface area (Å²) in [6.45, 7) is 3.82. The maximum Gasteiger partial charge on any atom is 0.319 e. The first kappa shape index (κ1) is 39.0. The first-order valence-electron chi connectivity index (χ1n) is 17.8. The molecule has 55 heavy (non-hydrogen) atoms. The zero-order valence-electron chi connectivity index (χ0n) is 29.7. The van der Waals surface area contributed by atoms with E-state index in [1.807, 2.05) is 54.6 Å². The number of ether oxygens (including phenoxy) is 1. The summed E-state index contributed by atoms with van der Waals surface area (Å²) in [4.78, 5) is 84.9. The molecule has 2 aliphatic heterocycles. The van der Waals surface area contributed by atoms with Crippen molar-refractivity contribution in [3.63, 3.8) is 0 Å². The van der Waals surface area contributed by atoms with Crippen molar-refractivity contribution in [2.75, 3.05) is 17.6 Å². The number of nitrogens with one attached hydrogen (secondary N) is 3. The van der Waals surface area contributed by atoms with Gasteiger partial charge in [-0.05, 0) is 80.6 Å². The molecule has 0 aliphatic carbocycles. The number of para-hydroxylation sites is 2. The summed E-state index contributed by atoms with van der Waals surface area (Å²) in [7, 11) is 0. The third-order valence-electron chi connectivity index (χ3n) is 9.20. The van der Waals surface area contributed by atoms with Gasteiger partial charge in [0.05, 0.1) is 27.9 Å². The van der Waals surface area contributed by atoms with Crippen LogP contribution in [0.15, 0.2) is 95.9 Å². The lowest BCUT2D eigenvalue weighted by Gasteiger charge is -2.43. The van der Waals surface area contributed by atoms with Crippen LogP contribution < -0.4 is 20.7 Å². The third kappa shape index (κ3) is 9.88. The summed E-state index contributed by atoms with van der Waals surface area (Å²) in [5.74, 6) is -3.21. The minimum atomic E-state index is -1.22. The highest BCUT2D eigenvalue weighted by Crippen LogP contribution is 2.31. The fourth-order valence-corrected chi connectivity index (χ4v) is 8.44. The molecule has 5 amide bonds. The molecule has 4 aromatic rings. The number of carboxylic acids is 1. The van der Waals surface area contributed by atoms with Crippen LogP contribution in [0.3, 0.4) is 0 Å². The van der Waals surface area contributed by atoms with Gasteiger partial charge in [0.25, 0.3) is 5.91 Å². The average molecular weight is 785 g/mol. The van der Waals surface area contributed by atoms with Crippen molar-refractivity contribution in [1.82, 2.24) is 25.6 Å². The Morgan fingerprint density at radius 1 is 1.00 bits per heavy atom. The van der Waals surface area contributed by atoms with Crippen molar-refractivity contribution in [2.45, 2.75) is 61.0 Å². The number of aliphatic carboxylic acids is 1. The van der Waals surface area contributed by atoms with Crippen LogP contribution in [-0.4, -0.2) is 86.0 Å². The Kier molecular flexibility index (Phi) is 12.8. The molecule has 2 saturated heterocycles. The number of hydrogen-bond acceptors (Lipinski definition) is 10. The van der Waals surface area contributed by atoms with E-state index in [4.69, 9.17) is 4.74 Å². The summed E-state index contributed by atoms with van der Waals surface area (Å²) in [5, 5.41) is 20.3. The zero-order valence-corrected chi connectivity index (χ0v) is 31.4. The monoisotopic (exact) mass is 784 g/mol. The van der Waals surface area contributed by atoms with E-state index in [0.717, 1.165) is 15.2 Å². The normalized spacial score (nSPS) is 18.0. The second-order valence-corrected chi connectivity index (χ2v) is 15.3. The van der Waals surface area contributed by atoms with Crippen LogP contribution in [0.25, 0.3) is 10.2 Å². The first-order chi connectivity index (χ1) is 26.6. The fraction of sp³-hybridized carbons (Fsp3) is 0.308. The van der Waals surface area contributed by atoms with Crippen LogP contribution in [0.2, 0.25) is 0 Å². The number of carbonyl (C=O) groups excluding carboxylic acids is 5. The molecule has 4 atom stereocenters. The van der Waals surface area contributed by atoms with Crippen molar-refractivity contribution in [2.24, 2.45) is 5.92 Å². The van der Waals surface area contributed by atoms with E-state index in [1.165, 1.54) is 34.2 Å². The summed E-state index contributed by atoms with van der Waals surface area (Å²) in [6.07, 6.45) is 1.82. The number of Topliss-reactive ketones (excluding diaryl/α,β-unsaturated/α-hetero) is 1. The number of allylic oxidation sites excluding steroid dienone is 1. The molecule has 1 aromatic heterocycles. The largest absolute Gasteiger partial charge is 0.481 e. The quantitative estimate of drug-likeness (QED) is 0.0871. The van der Waals surface area contributed by atoms with Crippen molar-refractivity contribution in [3.8, 4) is 11.5 Å². The van der Waals surface area contributed by atoms with Gasteiger partial charge >= 0.3 is 12.0 Å². The minimum absolute atomic E-state index is 0.00221. The number of ketones is 1. The number of hydrogen-bond donors (Lipinski definition) is 4. The van der Waals surface area contributed by atoms with Crippen molar-refractivity contribution >= 4 is 74.5 Å². The van der Waals surface area contributed by atoms with Crippen LogP contribution in [-0.2, 0) is 24.0 Å². The molecule has 286 valence electrons. The standard InChI is InChI=1S/C39H40N6O8S2/c1-2-9-24(37(50)51)22-30(32(46)23-54-39-43-28-12-6-7-14-33(28)55-39)41-35(48)31-13-8-21-44-34(47)20-19-29(36(49)45(31)44)42-38(52)40-25-15-17-27(18-16-25)53-26-10-4-3-5-11-26/h2-7,10-12,14-18,24,29-31H,1,8-9,13,19-23H2,(H,41,48)(H,50,51)(H2,40,42,52)/t24?,29-,30-,31-/m0/s1. The van der Waals surface area contributed by atoms with Gasteiger partial charge < -0.3 is 25.8 Å². The number of nitrogens with zero attached hydrogens (tertiary/aromatic N) is 3. The fourth-order valence-electron chi connectivity index (χ4n) is 6.43. The Morgan fingerprint density at radius 3 is 2.45 bits per heavy atom. The van der Waals surface area contributed by atoms with Gasteiger partial charge in [-0.1, -0.05) is 48.2 Å². The molecular weight excluding hydrogens is 745 g/mol. The molecule has 6 rings (SSSR count). The van der Waals surface area contributed by atoms with Gasteiger partial charge in [-0.2, -0.15) is 0 Å². The van der Waals surface area contributed by atoms with E-state index >= 15 is 0 Å². The number of aromatic nitrogens is 1. The number of urea groups is 1. The van der Waals surface area contributed by atoms with E-state index in [2.05, 4.69) is 27.5 Å².